The Balaban J connectivity index is 2.59. The van der Waals surface area contributed by atoms with E-state index in [9.17, 15) is 4.79 Å². The van der Waals surface area contributed by atoms with Crippen molar-refractivity contribution in [2.75, 3.05) is 6.54 Å². The minimum atomic E-state index is 0.0603. The van der Waals surface area contributed by atoms with Gasteiger partial charge in [-0.1, -0.05) is 25.2 Å². The molecule has 0 fully saturated rings. The minimum Gasteiger partial charge on any atom is -0.316 e. The maximum Gasteiger partial charge on any atom is 0.304 e. The first kappa shape index (κ1) is 10.5. The van der Waals surface area contributed by atoms with E-state index in [-0.39, 0.29) is 4.87 Å². The molecule has 74 valence electrons. The molecule has 0 amide bonds. The number of aromatic nitrogens is 1. The van der Waals surface area contributed by atoms with Gasteiger partial charge < -0.3 is 10.3 Å². The summed E-state index contributed by atoms with van der Waals surface area (Å²) in [4.78, 5) is 15.1. The molecule has 1 aromatic heterocycles. The number of thiazole rings is 1. The number of nitrogens with one attached hydrogen (secondary N) is 2. The largest absolute Gasteiger partial charge is 0.316 e. The van der Waals surface area contributed by atoms with Crippen molar-refractivity contribution in [3.8, 4) is 0 Å². The smallest absolute Gasteiger partial charge is 0.304 e. The summed E-state index contributed by atoms with van der Waals surface area (Å²) in [6, 6.07) is 0. The van der Waals surface area contributed by atoms with Gasteiger partial charge in [0.05, 0.1) is 0 Å². The van der Waals surface area contributed by atoms with E-state index in [2.05, 4.69) is 24.1 Å². The molecule has 0 unspecified atom stereocenters. The average Bonchev–Trinajstić information content (AvgIpc) is 2.47. The molecule has 0 spiro atoms. The number of rotatable bonds is 5. The number of hydrogen-bond acceptors (Lipinski definition) is 3. The first-order chi connectivity index (χ1) is 6.27. The van der Waals surface area contributed by atoms with Gasteiger partial charge in [-0.3, -0.25) is 4.79 Å². The van der Waals surface area contributed by atoms with Crippen LogP contribution in [0, 0.1) is 0 Å². The third kappa shape index (κ3) is 2.97. The second-order valence-corrected chi connectivity index (χ2v) is 4.01. The summed E-state index contributed by atoms with van der Waals surface area (Å²) in [7, 11) is 0. The van der Waals surface area contributed by atoms with Crippen LogP contribution in [0.4, 0.5) is 0 Å². The standard InChI is InChI=1S/C9H16N2OS/c1-3-5-10-6-8-7(4-2)11-9(12)13-8/h10H,3-6H2,1-2H3,(H,11,12). The lowest BCUT2D eigenvalue weighted by atomic mass is 10.3. The normalized spacial score (nSPS) is 10.6. The Morgan fingerprint density at radius 2 is 2.23 bits per heavy atom. The molecule has 0 radical (unpaired) electrons. The van der Waals surface area contributed by atoms with Gasteiger partial charge in [-0.25, -0.2) is 0 Å². The Kier molecular flexibility index (Phi) is 4.18. The highest BCUT2D eigenvalue weighted by Crippen LogP contribution is 2.09. The highest BCUT2D eigenvalue weighted by atomic mass is 32.1. The van der Waals surface area contributed by atoms with E-state index in [1.807, 2.05) is 0 Å². The van der Waals surface area contributed by atoms with E-state index in [1.54, 1.807) is 0 Å². The van der Waals surface area contributed by atoms with Crippen LogP contribution in [0.3, 0.4) is 0 Å². The zero-order chi connectivity index (χ0) is 9.68. The molecule has 3 nitrogen and oxygen atoms in total. The van der Waals surface area contributed by atoms with E-state index < -0.39 is 0 Å². The molecule has 0 saturated carbocycles. The Labute approximate surface area is 82.2 Å². The number of aryl methyl sites for hydroxylation is 1. The van der Waals surface area contributed by atoms with Gasteiger partial charge in [0.15, 0.2) is 0 Å². The van der Waals surface area contributed by atoms with Crippen molar-refractivity contribution in [3.63, 3.8) is 0 Å². The molecular weight excluding hydrogens is 184 g/mol. The molecule has 13 heavy (non-hydrogen) atoms. The summed E-state index contributed by atoms with van der Waals surface area (Å²) in [5, 5.41) is 3.29. The second kappa shape index (κ2) is 5.19. The molecule has 1 rings (SSSR count). The van der Waals surface area contributed by atoms with Crippen molar-refractivity contribution < 1.29 is 0 Å². The summed E-state index contributed by atoms with van der Waals surface area (Å²) in [6.45, 7) is 6.02. The molecule has 0 aliphatic carbocycles. The quantitative estimate of drug-likeness (QED) is 0.707. The van der Waals surface area contributed by atoms with Crippen LogP contribution in [0.1, 0.15) is 30.8 Å². The molecular formula is C9H16N2OS. The number of aromatic amines is 1. The van der Waals surface area contributed by atoms with Gasteiger partial charge in [0.2, 0.25) is 0 Å². The zero-order valence-electron chi connectivity index (χ0n) is 8.14. The highest BCUT2D eigenvalue weighted by Gasteiger charge is 2.04. The van der Waals surface area contributed by atoms with Gasteiger partial charge in [0, 0.05) is 17.1 Å². The summed E-state index contributed by atoms with van der Waals surface area (Å²) in [5.74, 6) is 0. The Morgan fingerprint density at radius 3 is 2.85 bits per heavy atom. The van der Waals surface area contributed by atoms with Gasteiger partial charge in [-0.05, 0) is 19.4 Å². The molecule has 1 aromatic rings. The van der Waals surface area contributed by atoms with Crippen molar-refractivity contribution in [1.82, 2.24) is 10.3 Å². The maximum absolute atomic E-state index is 11.0. The Hall–Kier alpha value is -0.610. The third-order valence-electron chi connectivity index (χ3n) is 1.87. The van der Waals surface area contributed by atoms with Gasteiger partial charge in [-0.15, -0.1) is 0 Å². The average molecular weight is 200 g/mol. The van der Waals surface area contributed by atoms with Crippen LogP contribution in [0.2, 0.25) is 0 Å². The molecule has 0 aliphatic heterocycles. The monoisotopic (exact) mass is 200 g/mol. The van der Waals surface area contributed by atoms with E-state index in [0.29, 0.717) is 0 Å². The van der Waals surface area contributed by atoms with Crippen molar-refractivity contribution in [2.24, 2.45) is 0 Å². The number of H-pyrrole nitrogens is 1. The molecule has 0 atom stereocenters. The fraction of sp³-hybridized carbons (Fsp3) is 0.667. The van der Waals surface area contributed by atoms with E-state index in [0.717, 1.165) is 36.5 Å². The highest BCUT2D eigenvalue weighted by molar-refractivity contribution is 7.09. The minimum absolute atomic E-state index is 0.0603. The third-order valence-corrected chi connectivity index (χ3v) is 2.80. The first-order valence-corrected chi connectivity index (χ1v) is 5.51. The van der Waals surface area contributed by atoms with Gasteiger partial charge in [0.25, 0.3) is 0 Å². The van der Waals surface area contributed by atoms with Crippen LogP contribution in [0.15, 0.2) is 4.79 Å². The van der Waals surface area contributed by atoms with Crippen LogP contribution < -0.4 is 10.2 Å². The summed E-state index contributed by atoms with van der Waals surface area (Å²) in [5.41, 5.74) is 1.08. The van der Waals surface area contributed by atoms with Crippen molar-refractivity contribution in [1.29, 1.82) is 0 Å². The predicted octanol–water partition coefficient (Wildman–Crippen LogP) is 1.50. The van der Waals surface area contributed by atoms with Gasteiger partial charge in [0.1, 0.15) is 0 Å². The topological polar surface area (TPSA) is 44.9 Å². The first-order valence-electron chi connectivity index (χ1n) is 4.69. The van der Waals surface area contributed by atoms with E-state index >= 15 is 0 Å². The fourth-order valence-corrected chi connectivity index (χ4v) is 2.09. The molecule has 1 heterocycles. The predicted molar refractivity (Wildman–Crippen MR) is 56.3 cm³/mol. The van der Waals surface area contributed by atoms with Crippen molar-refractivity contribution >= 4 is 11.3 Å². The SMILES string of the molecule is CCCNCc1sc(=O)[nH]c1CC. The second-order valence-electron chi connectivity index (χ2n) is 2.95. The van der Waals surface area contributed by atoms with Crippen LogP contribution in [0.25, 0.3) is 0 Å². The lowest BCUT2D eigenvalue weighted by Crippen LogP contribution is -2.13. The fourth-order valence-electron chi connectivity index (χ4n) is 1.20. The van der Waals surface area contributed by atoms with Crippen molar-refractivity contribution in [3.05, 3.63) is 20.2 Å². The molecule has 0 saturated heterocycles. The molecule has 2 N–H and O–H groups in total. The van der Waals surface area contributed by atoms with Crippen LogP contribution in [0.5, 0.6) is 0 Å². The van der Waals surface area contributed by atoms with E-state index in [1.165, 1.54) is 11.3 Å². The lowest BCUT2D eigenvalue weighted by Gasteiger charge is -2.01. The Bertz CT molecular complexity index is 303. The number of hydrogen-bond donors (Lipinski definition) is 2. The van der Waals surface area contributed by atoms with Gasteiger partial charge >= 0.3 is 4.87 Å². The van der Waals surface area contributed by atoms with Crippen LogP contribution in [-0.4, -0.2) is 11.5 Å². The van der Waals surface area contributed by atoms with Crippen LogP contribution >= 0.6 is 11.3 Å². The lowest BCUT2D eigenvalue weighted by molar-refractivity contribution is 0.676. The summed E-state index contributed by atoms with van der Waals surface area (Å²) in [6.07, 6.45) is 2.03. The van der Waals surface area contributed by atoms with Gasteiger partial charge in [-0.2, -0.15) is 0 Å². The molecule has 4 heteroatoms. The molecule has 0 bridgehead atoms. The molecule has 0 aliphatic rings. The van der Waals surface area contributed by atoms with E-state index in [4.69, 9.17) is 0 Å². The van der Waals surface area contributed by atoms with Crippen molar-refractivity contribution in [2.45, 2.75) is 33.2 Å². The maximum atomic E-state index is 11.0. The summed E-state index contributed by atoms with van der Waals surface area (Å²) >= 11 is 1.32. The Morgan fingerprint density at radius 1 is 1.46 bits per heavy atom. The van der Waals surface area contributed by atoms with Crippen LogP contribution in [-0.2, 0) is 13.0 Å². The summed E-state index contributed by atoms with van der Waals surface area (Å²) < 4.78 is 0. The zero-order valence-corrected chi connectivity index (χ0v) is 8.96. The molecule has 0 aromatic carbocycles.